The predicted molar refractivity (Wildman–Crippen MR) is 114 cm³/mol. The van der Waals surface area contributed by atoms with Crippen molar-refractivity contribution in [3.8, 4) is 11.5 Å². The maximum absolute atomic E-state index is 13.0. The van der Waals surface area contributed by atoms with E-state index in [1.54, 1.807) is 37.3 Å². The number of rotatable bonds is 5. The molecular weight excluding hydrogens is 408 g/mol. The minimum absolute atomic E-state index is 0.0466. The van der Waals surface area contributed by atoms with E-state index in [0.29, 0.717) is 22.1 Å². The number of hydrogen-bond donors (Lipinski definition) is 1. The number of ether oxygens (including phenoxy) is 2. The molecule has 1 saturated heterocycles. The lowest BCUT2D eigenvalue weighted by molar-refractivity contribution is -0.122. The van der Waals surface area contributed by atoms with Gasteiger partial charge in [-0.1, -0.05) is 23.7 Å². The third kappa shape index (κ3) is 4.31. The molecule has 0 aromatic heterocycles. The summed E-state index contributed by atoms with van der Waals surface area (Å²) in [7, 11) is 1.50. The summed E-state index contributed by atoms with van der Waals surface area (Å²) in [5.74, 6) is -0.522. The van der Waals surface area contributed by atoms with E-state index in [1.165, 1.54) is 19.3 Å². The van der Waals surface area contributed by atoms with Gasteiger partial charge in [-0.2, -0.15) is 0 Å². The number of benzene rings is 2. The quantitative estimate of drug-likeness (QED) is 0.572. The van der Waals surface area contributed by atoms with Crippen LogP contribution in [0.5, 0.6) is 11.5 Å². The van der Waals surface area contributed by atoms with E-state index in [9.17, 15) is 14.4 Å². The van der Waals surface area contributed by atoms with Gasteiger partial charge in [0.25, 0.3) is 11.8 Å². The normalized spacial score (nSPS) is 15.6. The molecule has 2 aromatic carbocycles. The number of nitrogens with one attached hydrogen (secondary N) is 1. The van der Waals surface area contributed by atoms with Crippen molar-refractivity contribution < 1.29 is 23.9 Å². The van der Waals surface area contributed by atoms with Gasteiger partial charge < -0.3 is 9.47 Å². The van der Waals surface area contributed by atoms with Gasteiger partial charge in [-0.05, 0) is 62.2 Å². The summed E-state index contributed by atoms with van der Waals surface area (Å²) in [6.07, 6.45) is 1.35. The van der Waals surface area contributed by atoms with Gasteiger partial charge in [-0.15, -0.1) is 0 Å². The van der Waals surface area contributed by atoms with Crippen molar-refractivity contribution in [3.05, 3.63) is 58.1 Å². The molecule has 1 heterocycles. The molecule has 0 saturated carbocycles. The molecule has 30 heavy (non-hydrogen) atoms. The van der Waals surface area contributed by atoms with Crippen LogP contribution in [0.15, 0.2) is 42.0 Å². The Balaban J connectivity index is 1.99. The number of carbonyl (C=O) groups is 3. The SMILES string of the molecule is COc1cc(C=C2C(=O)NC(=O)N(c3ccc(C)c(Cl)c3)C2=O)ccc1OC(C)C. The molecule has 156 valence electrons. The van der Waals surface area contributed by atoms with Crippen molar-refractivity contribution in [3.63, 3.8) is 0 Å². The van der Waals surface area contributed by atoms with Crippen LogP contribution < -0.4 is 19.7 Å². The minimum Gasteiger partial charge on any atom is -0.493 e. The molecule has 1 fully saturated rings. The van der Waals surface area contributed by atoms with E-state index in [-0.39, 0.29) is 17.4 Å². The highest BCUT2D eigenvalue weighted by atomic mass is 35.5. The zero-order chi connectivity index (χ0) is 22.0. The second kappa shape index (κ2) is 8.59. The summed E-state index contributed by atoms with van der Waals surface area (Å²) in [5.41, 5.74) is 1.42. The van der Waals surface area contributed by atoms with Crippen LogP contribution in [0.3, 0.4) is 0 Å². The summed E-state index contributed by atoms with van der Waals surface area (Å²) >= 11 is 6.13. The fourth-order valence-electron chi connectivity index (χ4n) is 2.90. The van der Waals surface area contributed by atoms with Crippen LogP contribution in [-0.2, 0) is 9.59 Å². The number of amides is 4. The van der Waals surface area contributed by atoms with Gasteiger partial charge in [0, 0.05) is 5.02 Å². The molecule has 4 amide bonds. The topological polar surface area (TPSA) is 84.9 Å². The maximum Gasteiger partial charge on any atom is 0.335 e. The second-order valence-corrected chi connectivity index (χ2v) is 7.38. The number of methoxy groups -OCH3 is 1. The van der Waals surface area contributed by atoms with E-state index in [2.05, 4.69) is 5.32 Å². The first-order valence-corrected chi connectivity index (χ1v) is 9.61. The van der Waals surface area contributed by atoms with Crippen LogP contribution in [0.2, 0.25) is 5.02 Å². The van der Waals surface area contributed by atoms with E-state index < -0.39 is 17.8 Å². The molecule has 0 radical (unpaired) electrons. The third-order valence-corrected chi connectivity index (χ3v) is 4.78. The Hall–Kier alpha value is -3.32. The molecule has 0 atom stereocenters. The molecule has 2 aromatic rings. The molecule has 1 N–H and O–H groups in total. The van der Waals surface area contributed by atoms with Gasteiger partial charge in [0.15, 0.2) is 11.5 Å². The highest BCUT2D eigenvalue weighted by molar-refractivity contribution is 6.39. The first kappa shape index (κ1) is 21.4. The summed E-state index contributed by atoms with van der Waals surface area (Å²) in [6.45, 7) is 5.59. The number of halogens is 1. The average molecular weight is 429 g/mol. The molecule has 3 rings (SSSR count). The minimum atomic E-state index is -0.833. The van der Waals surface area contributed by atoms with Gasteiger partial charge >= 0.3 is 6.03 Å². The zero-order valence-corrected chi connectivity index (χ0v) is 17.7. The monoisotopic (exact) mass is 428 g/mol. The number of hydrogen-bond acceptors (Lipinski definition) is 5. The lowest BCUT2D eigenvalue weighted by Crippen LogP contribution is -2.54. The Labute approximate surface area is 179 Å². The summed E-state index contributed by atoms with van der Waals surface area (Å²) < 4.78 is 11.0. The molecule has 0 aliphatic carbocycles. The predicted octanol–water partition coefficient (Wildman–Crippen LogP) is 4.11. The van der Waals surface area contributed by atoms with Gasteiger partial charge in [-0.3, -0.25) is 14.9 Å². The van der Waals surface area contributed by atoms with Crippen molar-refractivity contribution in [2.24, 2.45) is 0 Å². The smallest absolute Gasteiger partial charge is 0.335 e. The zero-order valence-electron chi connectivity index (χ0n) is 17.0. The Kier molecular flexibility index (Phi) is 6.12. The Bertz CT molecular complexity index is 1060. The number of anilines is 1. The number of nitrogens with zero attached hydrogens (tertiary/aromatic N) is 1. The van der Waals surface area contributed by atoms with E-state index in [1.807, 2.05) is 13.8 Å². The van der Waals surface area contributed by atoms with Crippen molar-refractivity contribution in [2.75, 3.05) is 12.0 Å². The highest BCUT2D eigenvalue weighted by Gasteiger charge is 2.37. The Morgan fingerprint density at radius 1 is 1.07 bits per heavy atom. The van der Waals surface area contributed by atoms with Crippen LogP contribution in [0.4, 0.5) is 10.5 Å². The lowest BCUT2D eigenvalue weighted by Gasteiger charge is -2.26. The molecular formula is C22H21ClN2O5. The number of barbiturate groups is 1. The van der Waals surface area contributed by atoms with E-state index in [0.717, 1.165) is 10.5 Å². The van der Waals surface area contributed by atoms with Crippen molar-refractivity contribution in [1.82, 2.24) is 5.32 Å². The third-order valence-electron chi connectivity index (χ3n) is 4.38. The van der Waals surface area contributed by atoms with Gasteiger partial charge in [0.2, 0.25) is 0 Å². The van der Waals surface area contributed by atoms with Crippen LogP contribution in [0.25, 0.3) is 6.08 Å². The molecule has 0 unspecified atom stereocenters. The number of aryl methyl sites for hydroxylation is 1. The Morgan fingerprint density at radius 3 is 2.43 bits per heavy atom. The van der Waals surface area contributed by atoms with Crippen molar-refractivity contribution in [2.45, 2.75) is 26.9 Å². The summed E-state index contributed by atoms with van der Waals surface area (Å²) in [4.78, 5) is 38.6. The first-order chi connectivity index (χ1) is 14.2. The molecule has 0 bridgehead atoms. The standard InChI is InChI=1S/C22H21ClN2O5/c1-12(2)30-18-8-6-14(10-19(18)29-4)9-16-20(26)24-22(28)25(21(16)27)15-7-5-13(3)17(23)11-15/h5-12H,1-4H3,(H,24,26,28). The highest BCUT2D eigenvalue weighted by Crippen LogP contribution is 2.31. The largest absolute Gasteiger partial charge is 0.493 e. The van der Waals surface area contributed by atoms with Gasteiger partial charge in [-0.25, -0.2) is 9.69 Å². The van der Waals surface area contributed by atoms with E-state index >= 15 is 0 Å². The second-order valence-electron chi connectivity index (χ2n) is 6.97. The molecule has 7 nitrogen and oxygen atoms in total. The summed E-state index contributed by atoms with van der Waals surface area (Å²) in [6, 6.07) is 8.98. The van der Waals surface area contributed by atoms with Gasteiger partial charge in [0.05, 0.1) is 18.9 Å². The number of imide groups is 2. The Morgan fingerprint density at radius 2 is 1.80 bits per heavy atom. The molecule has 1 aliphatic heterocycles. The number of urea groups is 1. The van der Waals surface area contributed by atoms with Gasteiger partial charge in [0.1, 0.15) is 5.57 Å². The maximum atomic E-state index is 13.0. The fraction of sp³-hybridized carbons (Fsp3) is 0.227. The number of carbonyl (C=O) groups excluding carboxylic acids is 3. The summed E-state index contributed by atoms with van der Waals surface area (Å²) in [5, 5.41) is 2.59. The van der Waals surface area contributed by atoms with Crippen LogP contribution in [0.1, 0.15) is 25.0 Å². The van der Waals surface area contributed by atoms with Crippen LogP contribution in [0, 0.1) is 6.92 Å². The van der Waals surface area contributed by atoms with E-state index in [4.69, 9.17) is 21.1 Å². The first-order valence-electron chi connectivity index (χ1n) is 9.23. The molecule has 8 heteroatoms. The molecule has 1 aliphatic rings. The van der Waals surface area contributed by atoms with Crippen LogP contribution in [-0.4, -0.2) is 31.1 Å². The average Bonchev–Trinajstić information content (AvgIpc) is 2.68. The lowest BCUT2D eigenvalue weighted by atomic mass is 10.1. The molecule has 0 spiro atoms. The van der Waals surface area contributed by atoms with Crippen molar-refractivity contribution >= 4 is 41.2 Å². The van der Waals surface area contributed by atoms with Crippen molar-refractivity contribution in [1.29, 1.82) is 0 Å². The van der Waals surface area contributed by atoms with Crippen LogP contribution >= 0.6 is 11.6 Å². The fourth-order valence-corrected chi connectivity index (χ4v) is 3.08.